The predicted octanol–water partition coefficient (Wildman–Crippen LogP) is 14.1. The van der Waals surface area contributed by atoms with E-state index in [0.717, 1.165) is 51.4 Å². The quantitative estimate of drug-likeness (QED) is 0.0199. The van der Waals surface area contributed by atoms with Crippen molar-refractivity contribution in [3.8, 4) is 0 Å². The fourth-order valence-corrected chi connectivity index (χ4v) is 14.3. The molecule has 3 rings (SSSR count). The lowest BCUT2D eigenvalue weighted by atomic mass is 9.96. The Kier molecular flexibility index (Phi) is 57.6. The molecule has 0 aromatic heterocycles. The van der Waals surface area contributed by atoms with E-state index in [1.807, 2.05) is 0 Å². The zero-order valence-corrected chi connectivity index (χ0v) is 63.2. The summed E-state index contributed by atoms with van der Waals surface area (Å²) in [5.41, 5.74) is 0. The van der Waals surface area contributed by atoms with E-state index in [2.05, 4.69) is 43.5 Å². The minimum absolute atomic E-state index is 0.235. The highest BCUT2D eigenvalue weighted by molar-refractivity contribution is 5.76. The number of rotatable bonds is 67. The highest BCUT2D eigenvalue weighted by atomic mass is 16.8. The van der Waals surface area contributed by atoms with Gasteiger partial charge in [0.05, 0.1) is 38.6 Å². The summed E-state index contributed by atoms with van der Waals surface area (Å²) in [4.78, 5) is 13.5. The van der Waals surface area contributed by atoms with Gasteiger partial charge in [0.2, 0.25) is 5.91 Å². The second-order valence-electron chi connectivity index (χ2n) is 29.9. The number of aliphatic hydroxyl groups is 11. The van der Waals surface area contributed by atoms with Crippen LogP contribution < -0.4 is 5.32 Å². The monoisotopic (exact) mass is 1430 g/mol. The van der Waals surface area contributed by atoms with E-state index in [0.29, 0.717) is 12.8 Å². The normalized spacial score (nSPS) is 26.5. The Hall–Kier alpha value is -1.73. The second kappa shape index (κ2) is 62.3. The largest absolute Gasteiger partial charge is 0.394 e. The number of allylic oxidation sites excluding steroid dienone is 4. The van der Waals surface area contributed by atoms with Gasteiger partial charge in [-0.1, -0.05) is 327 Å². The molecule has 0 spiro atoms. The molecule has 0 aromatic carbocycles. The Morgan fingerprint density at radius 1 is 0.360 bits per heavy atom. The number of carbonyl (C=O) groups is 1. The van der Waals surface area contributed by atoms with Crippen molar-refractivity contribution in [3.05, 3.63) is 24.3 Å². The number of nitrogens with one attached hydrogen (secondary N) is 1. The Labute approximate surface area is 607 Å². The molecule has 3 aliphatic rings. The number of unbranched alkanes of at least 4 members (excludes halogenated alkanes) is 47. The van der Waals surface area contributed by atoms with Crippen molar-refractivity contribution < 1.29 is 89.4 Å². The van der Waals surface area contributed by atoms with E-state index >= 15 is 0 Å². The van der Waals surface area contributed by atoms with Gasteiger partial charge in [-0.2, -0.15) is 0 Å². The average molecular weight is 1430 g/mol. The summed E-state index contributed by atoms with van der Waals surface area (Å²) in [6.07, 6.45) is 48.7. The third-order valence-electron chi connectivity index (χ3n) is 21.0. The van der Waals surface area contributed by atoms with Gasteiger partial charge in [0.25, 0.3) is 0 Å². The number of hydrogen-bond acceptors (Lipinski definition) is 18. The van der Waals surface area contributed by atoms with Crippen LogP contribution in [-0.4, -0.2) is 193 Å². The van der Waals surface area contributed by atoms with Crippen LogP contribution in [0.2, 0.25) is 0 Å². The van der Waals surface area contributed by atoms with Crippen molar-refractivity contribution in [1.29, 1.82) is 0 Å². The fourth-order valence-electron chi connectivity index (χ4n) is 14.3. The van der Waals surface area contributed by atoms with Gasteiger partial charge in [0.1, 0.15) is 73.2 Å². The predicted molar refractivity (Wildman–Crippen MR) is 397 cm³/mol. The van der Waals surface area contributed by atoms with Crippen LogP contribution in [0.25, 0.3) is 0 Å². The maximum Gasteiger partial charge on any atom is 0.220 e. The van der Waals surface area contributed by atoms with Crippen molar-refractivity contribution in [1.82, 2.24) is 5.32 Å². The summed E-state index contributed by atoms with van der Waals surface area (Å²) in [7, 11) is 0. The molecule has 100 heavy (non-hydrogen) atoms. The Morgan fingerprint density at radius 2 is 0.660 bits per heavy atom. The average Bonchev–Trinajstić information content (AvgIpc) is 0.784. The summed E-state index contributed by atoms with van der Waals surface area (Å²) in [6, 6.07) is -0.884. The highest BCUT2D eigenvalue weighted by Crippen LogP contribution is 2.33. The molecule has 3 fully saturated rings. The van der Waals surface area contributed by atoms with E-state index < -0.39 is 124 Å². The molecule has 3 aliphatic heterocycles. The van der Waals surface area contributed by atoms with Crippen LogP contribution in [0.15, 0.2) is 24.3 Å². The first kappa shape index (κ1) is 92.5. The first-order valence-corrected chi connectivity index (χ1v) is 41.6. The number of hydrogen-bond donors (Lipinski definition) is 12. The summed E-state index contributed by atoms with van der Waals surface area (Å²) in [6.45, 7) is 1.84. The van der Waals surface area contributed by atoms with Crippen LogP contribution in [0, 0.1) is 0 Å². The third kappa shape index (κ3) is 42.0. The first-order valence-electron chi connectivity index (χ1n) is 41.6. The molecule has 0 bridgehead atoms. The summed E-state index contributed by atoms with van der Waals surface area (Å²) >= 11 is 0. The zero-order chi connectivity index (χ0) is 72.5. The molecular weight excluding hydrogens is 1270 g/mol. The van der Waals surface area contributed by atoms with Crippen molar-refractivity contribution >= 4 is 5.91 Å². The molecular formula is C81H153NO18. The molecule has 0 aromatic rings. The molecule has 0 radical (unpaired) electrons. The van der Waals surface area contributed by atoms with Crippen LogP contribution in [-0.2, 0) is 33.2 Å². The minimum atomic E-state index is -1.97. The van der Waals surface area contributed by atoms with Crippen LogP contribution in [0.1, 0.15) is 354 Å². The number of aliphatic hydroxyl groups excluding tert-OH is 11. The van der Waals surface area contributed by atoms with Crippen LogP contribution in [0.5, 0.6) is 0 Å². The van der Waals surface area contributed by atoms with Gasteiger partial charge < -0.3 is 89.9 Å². The lowest BCUT2D eigenvalue weighted by Crippen LogP contribution is -2.66. The van der Waals surface area contributed by atoms with Crippen molar-refractivity contribution in [2.24, 2.45) is 0 Å². The van der Waals surface area contributed by atoms with Gasteiger partial charge in [0, 0.05) is 6.42 Å². The summed E-state index contributed by atoms with van der Waals surface area (Å²) in [5, 5.41) is 121. The van der Waals surface area contributed by atoms with E-state index in [9.17, 15) is 61.0 Å². The highest BCUT2D eigenvalue weighted by Gasteiger charge is 2.54. The molecule has 17 unspecified atom stereocenters. The van der Waals surface area contributed by atoms with Crippen molar-refractivity contribution in [2.45, 2.75) is 458 Å². The fraction of sp³-hybridized carbons (Fsp3) is 0.938. The van der Waals surface area contributed by atoms with E-state index in [1.165, 1.54) is 270 Å². The van der Waals surface area contributed by atoms with Gasteiger partial charge in [-0.3, -0.25) is 4.79 Å². The molecule has 0 saturated carbocycles. The van der Waals surface area contributed by atoms with Crippen LogP contribution in [0.3, 0.4) is 0 Å². The first-order chi connectivity index (χ1) is 48.8. The summed E-state index contributed by atoms with van der Waals surface area (Å²) in [5.74, 6) is -0.235. The molecule has 17 atom stereocenters. The topological polar surface area (TPSA) is 307 Å². The maximum absolute atomic E-state index is 13.5. The van der Waals surface area contributed by atoms with Gasteiger partial charge in [-0.25, -0.2) is 0 Å². The SMILES string of the molecule is CCCCCCC/C=C\C/C=C\CCCCCCCCCCCCCCCCCCCCCCCCCCCCCC(=O)NC(COC1OC(CO)C(OC2OC(CO)C(OC3OC(CO)C(O)C(O)C3O)C(O)C2O)C(O)C1O)C(O)CCCCCCCCCCCCCCCCCC. The smallest absolute Gasteiger partial charge is 0.220 e. The molecule has 12 N–H and O–H groups in total. The van der Waals surface area contributed by atoms with Gasteiger partial charge >= 0.3 is 0 Å². The van der Waals surface area contributed by atoms with Crippen LogP contribution in [0.4, 0.5) is 0 Å². The van der Waals surface area contributed by atoms with E-state index in [4.69, 9.17) is 28.4 Å². The molecule has 3 heterocycles. The standard InChI is InChI=1S/C81H153NO18/c1-3-5-7-9-11-13-15-17-19-21-22-23-24-25-26-27-28-29-30-31-32-33-34-35-36-37-38-39-40-41-42-43-45-47-49-51-53-55-57-59-69(87)82-64(65(86)58-56-54-52-50-48-46-44-20-18-16-14-12-10-8-6-4-2)63-95-79-75(93)72(90)77(67(61-84)97-79)100-81-76(94)73(91)78(68(62-85)98-81)99-80-74(92)71(89)70(88)66(60-83)96-80/h15,17,21-22,64-68,70-81,83-86,88-94H,3-14,16,18-20,23-63H2,1-2H3,(H,82,87)/b17-15-,22-21-. The molecule has 19 heteroatoms. The van der Waals surface area contributed by atoms with Gasteiger partial charge in [0.15, 0.2) is 18.9 Å². The van der Waals surface area contributed by atoms with E-state index in [-0.39, 0.29) is 18.9 Å². The molecule has 3 saturated heterocycles. The molecule has 1 amide bonds. The second-order valence-corrected chi connectivity index (χ2v) is 29.9. The molecule has 590 valence electrons. The summed E-state index contributed by atoms with van der Waals surface area (Å²) < 4.78 is 34.5. The third-order valence-corrected chi connectivity index (χ3v) is 21.0. The zero-order valence-electron chi connectivity index (χ0n) is 63.2. The Balaban J connectivity index is 1.28. The Bertz CT molecular complexity index is 1900. The number of carbonyl (C=O) groups excluding carboxylic acids is 1. The van der Waals surface area contributed by atoms with E-state index in [1.54, 1.807) is 0 Å². The molecule has 0 aliphatic carbocycles. The lowest BCUT2D eigenvalue weighted by molar-refractivity contribution is -0.379. The van der Waals surface area contributed by atoms with Crippen molar-refractivity contribution in [3.63, 3.8) is 0 Å². The van der Waals surface area contributed by atoms with Gasteiger partial charge in [-0.15, -0.1) is 0 Å². The number of amides is 1. The number of ether oxygens (including phenoxy) is 6. The van der Waals surface area contributed by atoms with Crippen molar-refractivity contribution in [2.75, 3.05) is 26.4 Å². The Morgan fingerprint density at radius 3 is 1.02 bits per heavy atom. The maximum atomic E-state index is 13.5. The van der Waals surface area contributed by atoms with Gasteiger partial charge in [-0.05, 0) is 44.9 Å². The lowest BCUT2D eigenvalue weighted by Gasteiger charge is -2.48. The minimum Gasteiger partial charge on any atom is -0.394 e. The molecule has 19 nitrogen and oxygen atoms in total. The van der Waals surface area contributed by atoms with Crippen LogP contribution >= 0.6 is 0 Å².